The fourth-order valence-electron chi connectivity index (χ4n) is 1.47. The number of nitrogens with one attached hydrogen (secondary N) is 1. The quantitative estimate of drug-likeness (QED) is 0.830. The Morgan fingerprint density at radius 1 is 1.38 bits per heavy atom. The molecular weight excluding hydrogens is 202 g/mol. The van der Waals surface area contributed by atoms with Crippen LogP contribution in [0, 0.1) is 0 Å². The van der Waals surface area contributed by atoms with Gasteiger partial charge in [0.2, 0.25) is 0 Å². The van der Waals surface area contributed by atoms with Crippen LogP contribution in [0.1, 0.15) is 25.8 Å². The van der Waals surface area contributed by atoms with Crippen LogP contribution in [0.5, 0.6) is 0 Å². The van der Waals surface area contributed by atoms with Gasteiger partial charge in [0.05, 0.1) is 6.61 Å². The summed E-state index contributed by atoms with van der Waals surface area (Å²) in [5.41, 5.74) is 1.29. The van der Waals surface area contributed by atoms with Crippen molar-refractivity contribution in [2.75, 3.05) is 6.61 Å². The molecule has 0 aliphatic carbocycles. The third-order valence-corrected chi connectivity index (χ3v) is 2.35. The Labute approximate surface area is 96.8 Å². The van der Waals surface area contributed by atoms with Crippen LogP contribution in [-0.4, -0.2) is 18.7 Å². The van der Waals surface area contributed by atoms with Gasteiger partial charge in [-0.1, -0.05) is 30.3 Å². The van der Waals surface area contributed by atoms with E-state index in [-0.39, 0.29) is 12.1 Å². The maximum absolute atomic E-state index is 11.1. The van der Waals surface area contributed by atoms with E-state index in [1.54, 1.807) is 6.92 Å². The van der Waals surface area contributed by atoms with Crippen LogP contribution in [0.2, 0.25) is 0 Å². The first kappa shape index (κ1) is 12.6. The van der Waals surface area contributed by atoms with Gasteiger partial charge in [0.1, 0.15) is 0 Å². The minimum absolute atomic E-state index is 0.138. The molecule has 0 bridgehead atoms. The highest BCUT2D eigenvalue weighted by Crippen LogP contribution is 2.04. The molecular formula is C13H19NO2. The molecule has 0 aliphatic rings. The summed E-state index contributed by atoms with van der Waals surface area (Å²) in [5.74, 6) is 0. The number of alkyl carbamates (subject to hydrolysis) is 1. The average Bonchev–Trinajstić information content (AvgIpc) is 2.28. The van der Waals surface area contributed by atoms with E-state index in [9.17, 15) is 4.79 Å². The van der Waals surface area contributed by atoms with E-state index in [2.05, 4.69) is 17.4 Å². The standard InChI is InChI=1S/C13H19NO2/c1-3-16-13(15)14-11(2)9-10-12-7-5-4-6-8-12/h4-8,11H,3,9-10H2,1-2H3,(H,14,15). The normalized spacial score (nSPS) is 11.9. The molecule has 0 spiro atoms. The van der Waals surface area contributed by atoms with Gasteiger partial charge < -0.3 is 10.1 Å². The number of amides is 1. The van der Waals surface area contributed by atoms with Crippen LogP contribution < -0.4 is 5.32 Å². The summed E-state index contributed by atoms with van der Waals surface area (Å²) in [4.78, 5) is 11.1. The van der Waals surface area contributed by atoms with Crippen molar-refractivity contribution in [2.24, 2.45) is 0 Å². The topological polar surface area (TPSA) is 38.3 Å². The van der Waals surface area contributed by atoms with E-state index in [0.717, 1.165) is 12.8 Å². The molecule has 1 aromatic rings. The number of benzene rings is 1. The first-order valence-corrected chi connectivity index (χ1v) is 5.69. The molecule has 0 aliphatic heterocycles. The zero-order valence-corrected chi connectivity index (χ0v) is 9.90. The molecule has 0 saturated heterocycles. The molecule has 0 fully saturated rings. The Balaban J connectivity index is 2.25. The molecule has 0 heterocycles. The highest BCUT2D eigenvalue weighted by molar-refractivity contribution is 5.67. The van der Waals surface area contributed by atoms with Gasteiger partial charge in [-0.2, -0.15) is 0 Å². The highest BCUT2D eigenvalue weighted by Gasteiger charge is 2.07. The van der Waals surface area contributed by atoms with Crippen molar-refractivity contribution in [1.82, 2.24) is 5.32 Å². The predicted molar refractivity (Wildman–Crippen MR) is 64.4 cm³/mol. The minimum Gasteiger partial charge on any atom is -0.450 e. The first-order chi connectivity index (χ1) is 7.72. The number of hydrogen-bond donors (Lipinski definition) is 1. The number of carbonyl (C=O) groups is 1. The van der Waals surface area contributed by atoms with E-state index in [0.29, 0.717) is 6.61 Å². The maximum atomic E-state index is 11.1. The summed E-state index contributed by atoms with van der Waals surface area (Å²) in [6, 6.07) is 10.4. The van der Waals surface area contributed by atoms with Gasteiger partial charge in [-0.15, -0.1) is 0 Å². The van der Waals surface area contributed by atoms with E-state index in [1.807, 2.05) is 25.1 Å². The molecule has 0 saturated carbocycles. The Bertz CT molecular complexity index is 311. The Kier molecular flexibility index (Phi) is 5.40. The second-order valence-corrected chi connectivity index (χ2v) is 3.79. The molecule has 1 N–H and O–H groups in total. The Morgan fingerprint density at radius 2 is 2.06 bits per heavy atom. The number of hydrogen-bond acceptors (Lipinski definition) is 2. The Morgan fingerprint density at radius 3 is 2.69 bits per heavy atom. The molecule has 16 heavy (non-hydrogen) atoms. The van der Waals surface area contributed by atoms with Crippen molar-refractivity contribution < 1.29 is 9.53 Å². The van der Waals surface area contributed by atoms with Crippen LogP contribution >= 0.6 is 0 Å². The van der Waals surface area contributed by atoms with Crippen molar-refractivity contribution in [3.63, 3.8) is 0 Å². The molecule has 1 rings (SSSR count). The van der Waals surface area contributed by atoms with Gasteiger partial charge in [-0.05, 0) is 32.3 Å². The van der Waals surface area contributed by atoms with Gasteiger partial charge >= 0.3 is 6.09 Å². The van der Waals surface area contributed by atoms with Crippen LogP contribution in [0.3, 0.4) is 0 Å². The molecule has 1 atom stereocenters. The van der Waals surface area contributed by atoms with E-state index < -0.39 is 0 Å². The highest BCUT2D eigenvalue weighted by atomic mass is 16.5. The molecule has 1 unspecified atom stereocenters. The van der Waals surface area contributed by atoms with Gasteiger partial charge in [-0.25, -0.2) is 4.79 Å². The molecule has 0 aromatic heterocycles. The van der Waals surface area contributed by atoms with Crippen LogP contribution in [0.15, 0.2) is 30.3 Å². The van der Waals surface area contributed by atoms with E-state index >= 15 is 0 Å². The largest absolute Gasteiger partial charge is 0.450 e. The molecule has 1 amide bonds. The van der Waals surface area contributed by atoms with Crippen molar-refractivity contribution in [2.45, 2.75) is 32.7 Å². The Hall–Kier alpha value is -1.51. The first-order valence-electron chi connectivity index (χ1n) is 5.69. The van der Waals surface area contributed by atoms with Gasteiger partial charge in [0, 0.05) is 6.04 Å². The molecule has 3 heteroatoms. The van der Waals surface area contributed by atoms with Crippen LogP contribution in [0.25, 0.3) is 0 Å². The van der Waals surface area contributed by atoms with Crippen molar-refractivity contribution in [3.8, 4) is 0 Å². The number of rotatable bonds is 5. The summed E-state index contributed by atoms with van der Waals surface area (Å²) in [7, 11) is 0. The second-order valence-electron chi connectivity index (χ2n) is 3.79. The maximum Gasteiger partial charge on any atom is 0.407 e. The lowest BCUT2D eigenvalue weighted by molar-refractivity contribution is 0.148. The summed E-state index contributed by atoms with van der Waals surface area (Å²) >= 11 is 0. The number of carbonyl (C=O) groups excluding carboxylic acids is 1. The molecule has 0 radical (unpaired) electrons. The zero-order chi connectivity index (χ0) is 11.8. The monoisotopic (exact) mass is 221 g/mol. The lowest BCUT2D eigenvalue weighted by Crippen LogP contribution is -2.33. The van der Waals surface area contributed by atoms with Crippen molar-refractivity contribution in [1.29, 1.82) is 0 Å². The smallest absolute Gasteiger partial charge is 0.407 e. The average molecular weight is 221 g/mol. The molecule has 3 nitrogen and oxygen atoms in total. The van der Waals surface area contributed by atoms with Gasteiger partial charge in [-0.3, -0.25) is 0 Å². The summed E-state index contributed by atoms with van der Waals surface area (Å²) in [6.45, 7) is 4.20. The molecule has 1 aromatic carbocycles. The third kappa shape index (κ3) is 4.82. The SMILES string of the molecule is CCOC(=O)NC(C)CCc1ccccc1. The van der Waals surface area contributed by atoms with Crippen molar-refractivity contribution in [3.05, 3.63) is 35.9 Å². The van der Waals surface area contributed by atoms with E-state index in [1.165, 1.54) is 5.56 Å². The van der Waals surface area contributed by atoms with Gasteiger partial charge in [0.15, 0.2) is 0 Å². The fourth-order valence-corrected chi connectivity index (χ4v) is 1.47. The lowest BCUT2D eigenvalue weighted by Gasteiger charge is -2.13. The fraction of sp³-hybridized carbons (Fsp3) is 0.462. The minimum atomic E-state index is -0.330. The number of aryl methyl sites for hydroxylation is 1. The summed E-state index contributed by atoms with van der Waals surface area (Å²) in [5, 5.41) is 2.79. The third-order valence-electron chi connectivity index (χ3n) is 2.35. The van der Waals surface area contributed by atoms with Crippen molar-refractivity contribution >= 4 is 6.09 Å². The van der Waals surface area contributed by atoms with E-state index in [4.69, 9.17) is 4.74 Å². The lowest BCUT2D eigenvalue weighted by atomic mass is 10.1. The summed E-state index contributed by atoms with van der Waals surface area (Å²) < 4.78 is 4.81. The van der Waals surface area contributed by atoms with Crippen LogP contribution in [0.4, 0.5) is 4.79 Å². The van der Waals surface area contributed by atoms with Crippen LogP contribution in [-0.2, 0) is 11.2 Å². The number of ether oxygens (including phenoxy) is 1. The molecule has 88 valence electrons. The predicted octanol–water partition coefficient (Wildman–Crippen LogP) is 2.75. The summed E-state index contributed by atoms with van der Waals surface area (Å²) in [6.07, 6.45) is 1.56. The second kappa shape index (κ2) is 6.88. The van der Waals surface area contributed by atoms with Gasteiger partial charge in [0.25, 0.3) is 0 Å². The zero-order valence-electron chi connectivity index (χ0n) is 9.90.